The molecule has 1 aromatic carbocycles. The number of hydrogen-bond donors (Lipinski definition) is 1. The van der Waals surface area contributed by atoms with Crippen LogP contribution in [-0.4, -0.2) is 45.3 Å². The van der Waals surface area contributed by atoms with Gasteiger partial charge in [0.25, 0.3) is 0 Å². The van der Waals surface area contributed by atoms with E-state index in [1.165, 1.54) is 11.1 Å². The van der Waals surface area contributed by atoms with Crippen molar-refractivity contribution < 1.29 is 4.74 Å². The smallest absolute Gasteiger partial charge is 0.0587 e. The molecule has 0 aliphatic heterocycles. The molecule has 0 bridgehead atoms. The third kappa shape index (κ3) is 6.36. The first-order chi connectivity index (χ1) is 8.61. The summed E-state index contributed by atoms with van der Waals surface area (Å²) in [5.74, 6) is 0. The van der Waals surface area contributed by atoms with Crippen LogP contribution in [0, 0.1) is 6.92 Å². The third-order valence-corrected chi connectivity index (χ3v) is 2.93. The van der Waals surface area contributed by atoms with E-state index in [9.17, 15) is 0 Å². The Balaban J connectivity index is 2.28. The number of halogens is 1. The van der Waals surface area contributed by atoms with Crippen molar-refractivity contribution in [2.45, 2.75) is 13.5 Å². The molecule has 102 valence electrons. The summed E-state index contributed by atoms with van der Waals surface area (Å²) in [5, 5.41) is 4.15. The number of methoxy groups -OCH3 is 1. The molecule has 0 heterocycles. The molecule has 0 amide bonds. The number of likely N-dealkylation sites (N-methyl/N-ethyl adjacent to an activating group) is 1. The largest absolute Gasteiger partial charge is 0.383 e. The average Bonchev–Trinajstić information content (AvgIpc) is 2.27. The van der Waals surface area contributed by atoms with E-state index < -0.39 is 0 Å². The van der Waals surface area contributed by atoms with Gasteiger partial charge in [-0.15, -0.1) is 0 Å². The van der Waals surface area contributed by atoms with Crippen molar-refractivity contribution in [3.8, 4) is 0 Å². The van der Waals surface area contributed by atoms with Gasteiger partial charge in [-0.2, -0.15) is 0 Å². The second-order valence-corrected chi connectivity index (χ2v) is 5.05. The van der Waals surface area contributed by atoms with E-state index in [4.69, 9.17) is 16.3 Å². The Morgan fingerprint density at radius 1 is 1.28 bits per heavy atom. The highest BCUT2D eigenvalue weighted by Crippen LogP contribution is 2.15. The van der Waals surface area contributed by atoms with Gasteiger partial charge in [-0.05, 0) is 37.2 Å². The molecule has 3 nitrogen and oxygen atoms in total. The lowest BCUT2D eigenvalue weighted by Gasteiger charge is -2.17. The van der Waals surface area contributed by atoms with E-state index >= 15 is 0 Å². The van der Waals surface area contributed by atoms with E-state index in [1.54, 1.807) is 7.11 Å². The fourth-order valence-corrected chi connectivity index (χ4v) is 2.18. The lowest BCUT2D eigenvalue weighted by atomic mass is 10.1. The van der Waals surface area contributed by atoms with Gasteiger partial charge in [0, 0.05) is 38.3 Å². The Hall–Kier alpha value is -0.610. The van der Waals surface area contributed by atoms with Crippen LogP contribution in [0.5, 0.6) is 0 Å². The maximum Gasteiger partial charge on any atom is 0.0587 e. The number of benzene rings is 1. The molecule has 1 rings (SSSR count). The summed E-state index contributed by atoms with van der Waals surface area (Å²) in [6, 6.07) is 6.20. The summed E-state index contributed by atoms with van der Waals surface area (Å²) < 4.78 is 4.98. The second kappa shape index (κ2) is 8.48. The Morgan fingerprint density at radius 3 is 2.72 bits per heavy atom. The van der Waals surface area contributed by atoms with Crippen molar-refractivity contribution in [3.05, 3.63) is 34.3 Å². The van der Waals surface area contributed by atoms with Crippen LogP contribution in [0.2, 0.25) is 5.02 Å². The Morgan fingerprint density at radius 2 is 2.06 bits per heavy atom. The van der Waals surface area contributed by atoms with Crippen molar-refractivity contribution in [2.75, 3.05) is 40.4 Å². The zero-order valence-electron chi connectivity index (χ0n) is 11.5. The lowest BCUT2D eigenvalue weighted by Crippen LogP contribution is -2.30. The molecule has 0 aromatic heterocycles. The molecule has 0 saturated heterocycles. The molecule has 18 heavy (non-hydrogen) atoms. The Bertz CT molecular complexity index is 337. The summed E-state index contributed by atoms with van der Waals surface area (Å²) in [6.07, 6.45) is 0. The quantitative estimate of drug-likeness (QED) is 0.734. The van der Waals surface area contributed by atoms with Crippen LogP contribution < -0.4 is 5.32 Å². The van der Waals surface area contributed by atoms with Crippen LogP contribution in [0.3, 0.4) is 0 Å². The molecule has 1 aromatic rings. The molecule has 0 aliphatic carbocycles. The minimum atomic E-state index is 0.761. The number of ether oxygens (including phenoxy) is 1. The van der Waals surface area contributed by atoms with Crippen LogP contribution in [-0.2, 0) is 11.3 Å². The van der Waals surface area contributed by atoms with E-state index in [0.29, 0.717) is 0 Å². The standard InChI is InChI=1S/C14H23ClN2O/c1-12-8-13(10-14(15)9-12)11-17(2)6-4-16-5-7-18-3/h8-10,16H,4-7,11H2,1-3H3. The summed E-state index contributed by atoms with van der Waals surface area (Å²) >= 11 is 6.05. The van der Waals surface area contributed by atoms with Gasteiger partial charge < -0.3 is 15.0 Å². The van der Waals surface area contributed by atoms with Gasteiger partial charge in [-0.3, -0.25) is 0 Å². The topological polar surface area (TPSA) is 24.5 Å². The van der Waals surface area contributed by atoms with Crippen LogP contribution in [0.4, 0.5) is 0 Å². The van der Waals surface area contributed by atoms with Gasteiger partial charge in [-0.25, -0.2) is 0 Å². The molecule has 0 saturated carbocycles. The van der Waals surface area contributed by atoms with E-state index in [-0.39, 0.29) is 0 Å². The first kappa shape index (κ1) is 15.4. The highest BCUT2D eigenvalue weighted by Gasteiger charge is 2.02. The molecule has 0 radical (unpaired) electrons. The minimum Gasteiger partial charge on any atom is -0.383 e. The highest BCUT2D eigenvalue weighted by atomic mass is 35.5. The molecule has 0 unspecified atom stereocenters. The van der Waals surface area contributed by atoms with Crippen LogP contribution >= 0.6 is 11.6 Å². The van der Waals surface area contributed by atoms with E-state index in [2.05, 4.69) is 30.3 Å². The first-order valence-electron chi connectivity index (χ1n) is 6.26. The van der Waals surface area contributed by atoms with Crippen LogP contribution in [0.15, 0.2) is 18.2 Å². The molecule has 0 spiro atoms. The maximum atomic E-state index is 6.05. The fraction of sp³-hybridized carbons (Fsp3) is 0.571. The number of nitrogens with one attached hydrogen (secondary N) is 1. The predicted octanol–water partition coefficient (Wildman–Crippen LogP) is 2.32. The Kier molecular flexibility index (Phi) is 7.28. The molecule has 0 fully saturated rings. The number of nitrogens with zero attached hydrogens (tertiary/aromatic N) is 1. The van der Waals surface area contributed by atoms with Crippen molar-refractivity contribution in [1.29, 1.82) is 0 Å². The van der Waals surface area contributed by atoms with Gasteiger partial charge in [-0.1, -0.05) is 17.7 Å². The second-order valence-electron chi connectivity index (χ2n) is 4.62. The molecule has 1 N–H and O–H groups in total. The zero-order chi connectivity index (χ0) is 13.4. The average molecular weight is 271 g/mol. The molecule has 4 heteroatoms. The van der Waals surface area contributed by atoms with Gasteiger partial charge in [0.05, 0.1) is 6.61 Å². The minimum absolute atomic E-state index is 0.761. The summed E-state index contributed by atoms with van der Waals surface area (Å²) in [6.45, 7) is 6.64. The molecule has 0 aliphatic rings. The maximum absolute atomic E-state index is 6.05. The number of rotatable bonds is 8. The summed E-state index contributed by atoms with van der Waals surface area (Å²) in [4.78, 5) is 2.28. The van der Waals surface area contributed by atoms with E-state index in [1.807, 2.05) is 12.1 Å². The zero-order valence-corrected chi connectivity index (χ0v) is 12.3. The number of hydrogen-bond acceptors (Lipinski definition) is 3. The van der Waals surface area contributed by atoms with Gasteiger partial charge >= 0.3 is 0 Å². The third-order valence-electron chi connectivity index (χ3n) is 2.71. The van der Waals surface area contributed by atoms with Crippen molar-refractivity contribution in [3.63, 3.8) is 0 Å². The predicted molar refractivity (Wildman–Crippen MR) is 77.3 cm³/mol. The van der Waals surface area contributed by atoms with E-state index in [0.717, 1.165) is 37.8 Å². The Labute approximate surface area is 115 Å². The van der Waals surface area contributed by atoms with Gasteiger partial charge in [0.1, 0.15) is 0 Å². The van der Waals surface area contributed by atoms with Gasteiger partial charge in [0.2, 0.25) is 0 Å². The molecular weight excluding hydrogens is 248 g/mol. The summed E-state index contributed by atoms with van der Waals surface area (Å²) in [5.41, 5.74) is 2.48. The van der Waals surface area contributed by atoms with Crippen LogP contribution in [0.1, 0.15) is 11.1 Å². The SMILES string of the molecule is COCCNCCN(C)Cc1cc(C)cc(Cl)c1. The highest BCUT2D eigenvalue weighted by molar-refractivity contribution is 6.30. The van der Waals surface area contributed by atoms with Crippen molar-refractivity contribution in [2.24, 2.45) is 0 Å². The van der Waals surface area contributed by atoms with Crippen molar-refractivity contribution >= 4 is 11.6 Å². The van der Waals surface area contributed by atoms with Crippen molar-refractivity contribution in [1.82, 2.24) is 10.2 Å². The molecular formula is C14H23ClN2O. The summed E-state index contributed by atoms with van der Waals surface area (Å²) in [7, 11) is 3.84. The number of aryl methyl sites for hydroxylation is 1. The monoisotopic (exact) mass is 270 g/mol. The first-order valence-corrected chi connectivity index (χ1v) is 6.64. The normalized spacial score (nSPS) is 11.2. The fourth-order valence-electron chi connectivity index (χ4n) is 1.86. The van der Waals surface area contributed by atoms with Crippen LogP contribution in [0.25, 0.3) is 0 Å². The van der Waals surface area contributed by atoms with Gasteiger partial charge in [0.15, 0.2) is 0 Å². The lowest BCUT2D eigenvalue weighted by molar-refractivity contribution is 0.197. The molecule has 0 atom stereocenters.